The molecular formula is C16H16ClN3O. The molecule has 2 heterocycles. The molecule has 1 amide bonds. The van der Waals surface area contributed by atoms with Crippen LogP contribution in [-0.4, -0.2) is 24.0 Å². The van der Waals surface area contributed by atoms with Crippen molar-refractivity contribution < 1.29 is 4.79 Å². The summed E-state index contributed by atoms with van der Waals surface area (Å²) in [6.45, 7) is 1.47. The van der Waals surface area contributed by atoms with Gasteiger partial charge in [0.05, 0.1) is 5.02 Å². The molecule has 0 saturated heterocycles. The van der Waals surface area contributed by atoms with Gasteiger partial charge in [-0.15, -0.1) is 0 Å². The molecule has 5 heteroatoms. The second kappa shape index (κ2) is 6.24. The Bertz CT molecular complexity index is 642. The van der Waals surface area contributed by atoms with Crippen molar-refractivity contribution >= 4 is 17.5 Å². The number of benzene rings is 1. The molecule has 1 aromatic heterocycles. The highest BCUT2D eigenvalue weighted by Gasteiger charge is 2.19. The van der Waals surface area contributed by atoms with E-state index in [9.17, 15) is 4.79 Å². The lowest BCUT2D eigenvalue weighted by atomic mass is 9.94. The van der Waals surface area contributed by atoms with Crippen molar-refractivity contribution in [1.82, 2.24) is 15.6 Å². The first kappa shape index (κ1) is 14.0. The maximum atomic E-state index is 12.1. The molecule has 1 atom stereocenters. The summed E-state index contributed by atoms with van der Waals surface area (Å²) in [5, 5.41) is 6.88. The van der Waals surface area contributed by atoms with Crippen LogP contribution in [-0.2, 0) is 6.42 Å². The minimum atomic E-state index is -0.184. The fraction of sp³-hybridized carbons (Fsp3) is 0.250. The van der Waals surface area contributed by atoms with Crippen LogP contribution in [0.3, 0.4) is 0 Å². The minimum Gasteiger partial charge on any atom is -0.349 e. The van der Waals surface area contributed by atoms with Crippen LogP contribution in [0.1, 0.15) is 27.7 Å². The summed E-state index contributed by atoms with van der Waals surface area (Å²) in [7, 11) is 0. The highest BCUT2D eigenvalue weighted by Crippen LogP contribution is 2.21. The number of nitrogens with one attached hydrogen (secondary N) is 2. The Hall–Kier alpha value is -1.91. The van der Waals surface area contributed by atoms with Gasteiger partial charge in [-0.25, -0.2) is 4.98 Å². The quantitative estimate of drug-likeness (QED) is 0.915. The fourth-order valence-corrected chi connectivity index (χ4v) is 2.68. The highest BCUT2D eigenvalue weighted by atomic mass is 35.5. The smallest absolute Gasteiger partial charge is 0.269 e. The molecule has 0 aliphatic carbocycles. The summed E-state index contributed by atoms with van der Waals surface area (Å²) < 4.78 is 0. The number of hydrogen-bond acceptors (Lipinski definition) is 3. The third-order valence-electron chi connectivity index (χ3n) is 3.64. The van der Waals surface area contributed by atoms with Gasteiger partial charge < -0.3 is 10.6 Å². The summed E-state index contributed by atoms with van der Waals surface area (Å²) in [6, 6.07) is 11.8. The van der Waals surface area contributed by atoms with Gasteiger partial charge in [-0.3, -0.25) is 4.79 Å². The number of rotatable bonds is 3. The van der Waals surface area contributed by atoms with Crippen molar-refractivity contribution in [2.75, 3.05) is 13.1 Å². The van der Waals surface area contributed by atoms with Gasteiger partial charge in [-0.2, -0.15) is 0 Å². The van der Waals surface area contributed by atoms with E-state index in [0.29, 0.717) is 17.3 Å². The van der Waals surface area contributed by atoms with E-state index >= 15 is 0 Å². The summed E-state index contributed by atoms with van der Waals surface area (Å²) in [5.74, 6) is -0.184. The maximum Gasteiger partial charge on any atom is 0.269 e. The molecule has 0 spiro atoms. The third kappa shape index (κ3) is 3.23. The van der Waals surface area contributed by atoms with Crippen molar-refractivity contribution in [1.29, 1.82) is 0 Å². The lowest BCUT2D eigenvalue weighted by molar-refractivity contribution is 0.0944. The number of carbonyl (C=O) groups is 1. The van der Waals surface area contributed by atoms with Crippen molar-refractivity contribution in [2.45, 2.75) is 12.5 Å². The highest BCUT2D eigenvalue weighted by molar-refractivity contribution is 6.30. The molecule has 21 heavy (non-hydrogen) atoms. The van der Waals surface area contributed by atoms with Gasteiger partial charge in [0.25, 0.3) is 5.91 Å². The van der Waals surface area contributed by atoms with Gasteiger partial charge in [0.1, 0.15) is 5.69 Å². The van der Waals surface area contributed by atoms with Crippen LogP contribution in [0.2, 0.25) is 5.02 Å². The Kier molecular flexibility index (Phi) is 4.18. The zero-order chi connectivity index (χ0) is 14.7. The molecule has 3 rings (SSSR count). The Balaban J connectivity index is 1.66. The van der Waals surface area contributed by atoms with Crippen LogP contribution in [0.4, 0.5) is 0 Å². The molecule has 0 radical (unpaired) electrons. The average molecular weight is 302 g/mol. The van der Waals surface area contributed by atoms with Crippen LogP contribution < -0.4 is 10.6 Å². The number of halogens is 1. The van der Waals surface area contributed by atoms with Crippen LogP contribution in [0, 0.1) is 0 Å². The Morgan fingerprint density at radius 2 is 2.19 bits per heavy atom. The molecule has 1 aromatic carbocycles. The van der Waals surface area contributed by atoms with Crippen molar-refractivity contribution in [3.63, 3.8) is 0 Å². The van der Waals surface area contributed by atoms with E-state index in [1.165, 1.54) is 17.3 Å². The van der Waals surface area contributed by atoms with Crippen LogP contribution in [0.5, 0.6) is 0 Å². The zero-order valence-corrected chi connectivity index (χ0v) is 12.2. The van der Waals surface area contributed by atoms with Crippen LogP contribution in [0.15, 0.2) is 42.6 Å². The number of pyridine rings is 1. The molecule has 108 valence electrons. The minimum absolute atomic E-state index is 0.145. The first-order valence-electron chi connectivity index (χ1n) is 6.95. The summed E-state index contributed by atoms with van der Waals surface area (Å²) in [4.78, 5) is 16.1. The third-order valence-corrected chi connectivity index (χ3v) is 3.87. The molecule has 4 nitrogen and oxygen atoms in total. The van der Waals surface area contributed by atoms with Crippen LogP contribution in [0.25, 0.3) is 0 Å². The molecule has 0 bridgehead atoms. The molecule has 2 aromatic rings. The summed E-state index contributed by atoms with van der Waals surface area (Å²) in [5.41, 5.74) is 2.98. The van der Waals surface area contributed by atoms with Gasteiger partial charge in [0.2, 0.25) is 0 Å². The predicted octanol–water partition coefficient (Wildman–Crippen LogP) is 2.35. The zero-order valence-electron chi connectivity index (χ0n) is 11.5. The van der Waals surface area contributed by atoms with Gasteiger partial charge in [-0.1, -0.05) is 35.9 Å². The Morgan fingerprint density at radius 3 is 3.00 bits per heavy atom. The molecule has 2 N–H and O–H groups in total. The second-order valence-corrected chi connectivity index (χ2v) is 5.46. The number of amides is 1. The number of aromatic nitrogens is 1. The second-order valence-electron chi connectivity index (χ2n) is 5.03. The summed E-state index contributed by atoms with van der Waals surface area (Å²) in [6.07, 6.45) is 2.50. The van der Waals surface area contributed by atoms with Gasteiger partial charge in [-0.05, 0) is 36.2 Å². The molecule has 0 fully saturated rings. The van der Waals surface area contributed by atoms with Crippen molar-refractivity contribution in [3.05, 3.63) is 64.4 Å². The van der Waals surface area contributed by atoms with E-state index in [0.717, 1.165) is 13.0 Å². The predicted molar refractivity (Wildman–Crippen MR) is 82.5 cm³/mol. The van der Waals surface area contributed by atoms with E-state index in [1.807, 2.05) is 6.07 Å². The van der Waals surface area contributed by atoms with Gasteiger partial charge in [0, 0.05) is 18.8 Å². The number of hydrogen-bond donors (Lipinski definition) is 2. The number of carbonyl (C=O) groups excluding carboxylic acids is 1. The lowest BCUT2D eigenvalue weighted by Crippen LogP contribution is -2.39. The normalized spacial score (nSPS) is 17.1. The van der Waals surface area contributed by atoms with E-state index in [-0.39, 0.29) is 11.9 Å². The fourth-order valence-electron chi connectivity index (χ4n) is 2.57. The van der Waals surface area contributed by atoms with Crippen molar-refractivity contribution in [2.24, 2.45) is 0 Å². The molecule has 1 aliphatic heterocycles. The lowest BCUT2D eigenvalue weighted by Gasteiger charge is -2.27. The largest absolute Gasteiger partial charge is 0.349 e. The molecule has 1 unspecified atom stereocenters. The molecular weight excluding hydrogens is 286 g/mol. The Morgan fingerprint density at radius 1 is 1.33 bits per heavy atom. The summed E-state index contributed by atoms with van der Waals surface area (Å²) >= 11 is 5.77. The van der Waals surface area contributed by atoms with Gasteiger partial charge >= 0.3 is 0 Å². The Labute approximate surface area is 128 Å². The average Bonchev–Trinajstić information content (AvgIpc) is 2.53. The van der Waals surface area contributed by atoms with Crippen molar-refractivity contribution in [3.8, 4) is 0 Å². The standard InChI is InChI=1S/C16H16ClN3O/c17-12-5-6-14(19-9-12)16(21)20-10-15-13-4-2-1-3-11(13)7-8-18-15/h1-6,9,15,18H,7-8,10H2,(H,20,21). The van der Waals surface area contributed by atoms with E-state index in [1.54, 1.807) is 12.1 Å². The van der Waals surface area contributed by atoms with Crippen LogP contribution >= 0.6 is 11.6 Å². The first-order chi connectivity index (χ1) is 10.2. The monoisotopic (exact) mass is 301 g/mol. The topological polar surface area (TPSA) is 54.0 Å². The number of nitrogens with zero attached hydrogens (tertiary/aromatic N) is 1. The first-order valence-corrected chi connectivity index (χ1v) is 7.33. The number of fused-ring (bicyclic) bond motifs is 1. The SMILES string of the molecule is O=C(NCC1NCCc2ccccc21)c1ccc(Cl)cn1. The van der Waals surface area contributed by atoms with E-state index < -0.39 is 0 Å². The van der Waals surface area contributed by atoms with Gasteiger partial charge in [0.15, 0.2) is 0 Å². The van der Waals surface area contributed by atoms with E-state index in [4.69, 9.17) is 11.6 Å². The molecule has 1 aliphatic rings. The van der Waals surface area contributed by atoms with E-state index in [2.05, 4.69) is 33.8 Å². The molecule has 0 saturated carbocycles. The maximum absolute atomic E-state index is 12.1.